The lowest BCUT2D eigenvalue weighted by atomic mass is 10.1. The molecule has 2 atom stereocenters. The summed E-state index contributed by atoms with van der Waals surface area (Å²) in [7, 11) is 1.35. The van der Waals surface area contributed by atoms with Gasteiger partial charge in [-0.05, 0) is 24.3 Å². The zero-order chi connectivity index (χ0) is 30.1. The van der Waals surface area contributed by atoms with Crippen LogP contribution in [0, 0.1) is 5.82 Å². The van der Waals surface area contributed by atoms with Crippen LogP contribution in [0.5, 0.6) is 5.75 Å². The lowest BCUT2D eigenvalue weighted by Gasteiger charge is -2.37. The van der Waals surface area contributed by atoms with Crippen molar-refractivity contribution in [3.8, 4) is 5.75 Å². The summed E-state index contributed by atoms with van der Waals surface area (Å²) >= 11 is 1.45. The van der Waals surface area contributed by atoms with Crippen LogP contribution in [0.2, 0.25) is 0 Å². The van der Waals surface area contributed by atoms with Crippen molar-refractivity contribution in [2.24, 2.45) is 9.98 Å². The first-order valence-electron chi connectivity index (χ1n) is 13.6. The average Bonchev–Trinajstić information content (AvgIpc) is 3.66. The van der Waals surface area contributed by atoms with Crippen molar-refractivity contribution >= 4 is 41.4 Å². The summed E-state index contributed by atoms with van der Waals surface area (Å²) in [6, 6.07) is 3.25. The minimum Gasteiger partial charge on any atom is -0.481 e. The summed E-state index contributed by atoms with van der Waals surface area (Å²) in [5, 5.41) is 14.9. The van der Waals surface area contributed by atoms with Crippen LogP contribution in [0.4, 0.5) is 9.18 Å². The first-order valence-corrected chi connectivity index (χ1v) is 14.4. The van der Waals surface area contributed by atoms with Gasteiger partial charge in [-0.25, -0.2) is 28.8 Å². The summed E-state index contributed by atoms with van der Waals surface area (Å²) in [5.41, 5.74) is 1.00. The highest BCUT2D eigenvalue weighted by Crippen LogP contribution is 2.28. The second-order valence-corrected chi connectivity index (χ2v) is 11.1. The quantitative estimate of drug-likeness (QED) is 0.428. The van der Waals surface area contributed by atoms with E-state index in [-0.39, 0.29) is 29.9 Å². The number of fused-ring (bicyclic) bond motifs is 1. The highest BCUT2D eigenvalue weighted by atomic mass is 32.1. The maximum absolute atomic E-state index is 14.3. The lowest BCUT2D eigenvalue weighted by molar-refractivity contribution is -0.136. The fourth-order valence-electron chi connectivity index (χ4n) is 5.39. The maximum atomic E-state index is 14.3. The number of ether oxygens (including phenoxy) is 2. The van der Waals surface area contributed by atoms with Crippen molar-refractivity contribution in [1.82, 2.24) is 25.0 Å². The van der Waals surface area contributed by atoms with Crippen LogP contribution in [0.3, 0.4) is 0 Å². The number of carbonyl (C=O) groups is 3. The van der Waals surface area contributed by atoms with E-state index in [9.17, 15) is 18.8 Å². The average molecular weight is 610 g/mol. The number of amidine groups is 1. The number of nitrogens with one attached hydrogen (secondary N) is 1. The number of hydrogen-bond acceptors (Lipinski definition) is 11. The SMILES string of the molecule is COC(=O)C1=C(CN2CCN3C(=O)N(C4=CCC(Oc5ccc(C(=O)O)cc5F)C=N4)C[C@@H]3C2)NC(c2nccs2)=NC1. The van der Waals surface area contributed by atoms with E-state index in [2.05, 4.69) is 25.2 Å². The Balaban J connectivity index is 1.08. The van der Waals surface area contributed by atoms with Crippen molar-refractivity contribution in [2.75, 3.05) is 46.4 Å². The Morgan fingerprint density at radius 3 is 2.81 bits per heavy atom. The molecule has 1 unspecified atom stereocenters. The lowest BCUT2D eigenvalue weighted by Crippen LogP contribution is -2.53. The van der Waals surface area contributed by atoms with Crippen molar-refractivity contribution in [2.45, 2.75) is 18.6 Å². The summed E-state index contributed by atoms with van der Waals surface area (Å²) in [6.45, 7) is 2.82. The van der Waals surface area contributed by atoms with Gasteiger partial charge in [0.1, 0.15) is 11.9 Å². The minimum atomic E-state index is -1.23. The number of aromatic carboxylic acids is 1. The predicted octanol–water partition coefficient (Wildman–Crippen LogP) is 1.94. The van der Waals surface area contributed by atoms with Gasteiger partial charge in [0.2, 0.25) is 0 Å². The normalized spacial score (nSPS) is 22.1. The Labute approximate surface area is 249 Å². The number of carboxylic acid groups (broad SMARTS) is 1. The smallest absolute Gasteiger partial charge is 0.337 e. The number of benzene rings is 1. The van der Waals surface area contributed by atoms with Crippen LogP contribution >= 0.6 is 11.3 Å². The van der Waals surface area contributed by atoms with Crippen LogP contribution in [-0.2, 0) is 9.53 Å². The molecule has 2 saturated heterocycles. The van der Waals surface area contributed by atoms with E-state index in [0.29, 0.717) is 62.1 Å². The predicted molar refractivity (Wildman–Crippen MR) is 154 cm³/mol. The number of amides is 2. The molecule has 1 aromatic carbocycles. The number of piperazine rings is 1. The number of thiazole rings is 1. The van der Waals surface area contributed by atoms with Gasteiger partial charge < -0.3 is 24.8 Å². The third kappa shape index (κ3) is 5.85. The summed E-state index contributed by atoms with van der Waals surface area (Å²) < 4.78 is 25.0. The van der Waals surface area contributed by atoms with Crippen LogP contribution in [0.15, 0.2) is 62.9 Å². The summed E-state index contributed by atoms with van der Waals surface area (Å²) in [6.07, 6.45) is 4.79. The molecule has 4 aliphatic rings. The number of hydrogen-bond donors (Lipinski definition) is 2. The van der Waals surface area contributed by atoms with Gasteiger partial charge in [0.05, 0.1) is 37.4 Å². The van der Waals surface area contributed by atoms with Crippen molar-refractivity contribution in [3.05, 3.63) is 69.3 Å². The number of carbonyl (C=O) groups excluding carboxylic acids is 2. The van der Waals surface area contributed by atoms with Gasteiger partial charge in [-0.2, -0.15) is 0 Å². The molecular weight excluding hydrogens is 581 g/mol. The molecule has 2 fully saturated rings. The first kappa shape index (κ1) is 28.5. The second kappa shape index (κ2) is 11.9. The van der Waals surface area contributed by atoms with E-state index in [1.807, 2.05) is 10.3 Å². The number of carboxylic acids is 1. The Kier molecular flexibility index (Phi) is 7.90. The fraction of sp³-hybridized carbons (Fsp3) is 0.357. The molecule has 1 aromatic heterocycles. The zero-order valence-electron chi connectivity index (χ0n) is 23.1. The number of esters is 1. The zero-order valence-corrected chi connectivity index (χ0v) is 23.9. The van der Waals surface area contributed by atoms with Gasteiger partial charge in [0, 0.05) is 56.1 Å². The largest absolute Gasteiger partial charge is 0.481 e. The molecular formula is C28H28FN7O6S. The van der Waals surface area contributed by atoms with E-state index >= 15 is 0 Å². The van der Waals surface area contributed by atoms with Gasteiger partial charge in [0.25, 0.3) is 0 Å². The van der Waals surface area contributed by atoms with Crippen molar-refractivity contribution < 1.29 is 33.4 Å². The topological polar surface area (TPSA) is 149 Å². The molecule has 2 N–H and O–H groups in total. The Bertz CT molecular complexity index is 1570. The molecule has 0 aliphatic carbocycles. The number of urea groups is 1. The van der Waals surface area contributed by atoms with Gasteiger partial charge in [-0.1, -0.05) is 0 Å². The molecule has 0 spiro atoms. The first-order chi connectivity index (χ1) is 20.8. The summed E-state index contributed by atoms with van der Waals surface area (Å²) in [5.74, 6) is -1.39. The third-order valence-corrected chi connectivity index (χ3v) is 8.33. The minimum absolute atomic E-state index is 0.0734. The van der Waals surface area contributed by atoms with Crippen LogP contribution in [0.1, 0.15) is 21.8 Å². The molecule has 2 aromatic rings. The van der Waals surface area contributed by atoms with E-state index < -0.39 is 23.9 Å². The van der Waals surface area contributed by atoms with Crippen LogP contribution in [-0.4, -0.2) is 113 Å². The van der Waals surface area contributed by atoms with Crippen LogP contribution in [0.25, 0.3) is 0 Å². The van der Waals surface area contributed by atoms with Crippen molar-refractivity contribution in [1.29, 1.82) is 0 Å². The molecule has 0 radical (unpaired) electrons. The van der Waals surface area contributed by atoms with Crippen LogP contribution < -0.4 is 10.1 Å². The fourth-order valence-corrected chi connectivity index (χ4v) is 5.99. The van der Waals surface area contributed by atoms with E-state index in [0.717, 1.165) is 11.1 Å². The molecule has 43 heavy (non-hydrogen) atoms. The van der Waals surface area contributed by atoms with E-state index in [1.165, 1.54) is 36.8 Å². The number of halogens is 1. The van der Waals surface area contributed by atoms with E-state index in [4.69, 9.17) is 14.6 Å². The highest BCUT2D eigenvalue weighted by Gasteiger charge is 2.42. The summed E-state index contributed by atoms with van der Waals surface area (Å²) in [4.78, 5) is 55.7. The number of nitrogens with zero attached hydrogens (tertiary/aromatic N) is 6. The van der Waals surface area contributed by atoms with E-state index in [1.54, 1.807) is 17.2 Å². The maximum Gasteiger partial charge on any atom is 0.337 e. The van der Waals surface area contributed by atoms with Gasteiger partial charge in [-0.15, -0.1) is 11.3 Å². The van der Waals surface area contributed by atoms with Gasteiger partial charge in [-0.3, -0.25) is 14.8 Å². The molecule has 4 aliphatic heterocycles. The monoisotopic (exact) mass is 609 g/mol. The number of aromatic nitrogens is 1. The molecule has 2 amide bonds. The Morgan fingerprint density at radius 2 is 2.12 bits per heavy atom. The Morgan fingerprint density at radius 1 is 1.26 bits per heavy atom. The van der Waals surface area contributed by atoms with Gasteiger partial charge in [0.15, 0.2) is 22.4 Å². The molecule has 13 nitrogen and oxygen atoms in total. The number of aliphatic imine (C=N–C) groups is 2. The van der Waals surface area contributed by atoms with Crippen molar-refractivity contribution in [3.63, 3.8) is 0 Å². The molecule has 224 valence electrons. The molecule has 0 bridgehead atoms. The standard InChI is InChI=1S/C28H28FN7O6S/c1-41-27(39)19-12-32-24(25-30-6-9-43-25)33-21(19)15-34-7-8-35-17(13-34)14-36(28(35)40)23-5-3-18(11-31-23)42-22-4-2-16(26(37)38)10-20(22)29/h2,4-6,9-11,17-18H,3,7-8,12-15H2,1H3,(H,32,33)(H,37,38)/t17-,18?/m0/s1. The second-order valence-electron chi connectivity index (χ2n) is 10.2. The molecule has 5 heterocycles. The number of rotatable bonds is 8. The molecule has 0 saturated carbocycles. The highest BCUT2D eigenvalue weighted by molar-refractivity contribution is 7.11. The number of methoxy groups -OCH3 is 1. The third-order valence-electron chi connectivity index (χ3n) is 7.55. The van der Waals surface area contributed by atoms with Gasteiger partial charge >= 0.3 is 18.0 Å². The Hall–Kier alpha value is -4.63. The molecule has 15 heteroatoms. The molecule has 6 rings (SSSR count).